The van der Waals surface area contributed by atoms with Gasteiger partial charge in [0.05, 0.1) is 4.92 Å². The molecule has 0 saturated carbocycles. The molecule has 1 amide bonds. The zero-order valence-corrected chi connectivity index (χ0v) is 17.0. The molecule has 0 unspecified atom stereocenters. The summed E-state index contributed by atoms with van der Waals surface area (Å²) in [5.74, 6) is -0.152. The van der Waals surface area contributed by atoms with Crippen molar-refractivity contribution in [3.8, 4) is 0 Å². The largest absolute Gasteiger partial charge is 0.303 e. The maximum Gasteiger partial charge on any atom is 0.292 e. The lowest BCUT2D eigenvalue weighted by atomic mass is 10.0. The number of amides is 1. The van der Waals surface area contributed by atoms with Gasteiger partial charge in [-0.2, -0.15) is 0 Å². The molecule has 0 aliphatic carbocycles. The number of halogens is 1. The van der Waals surface area contributed by atoms with Crippen LogP contribution in [-0.2, 0) is 11.3 Å². The maximum atomic E-state index is 12.3. The van der Waals surface area contributed by atoms with Gasteiger partial charge in [0.15, 0.2) is 0 Å². The van der Waals surface area contributed by atoms with E-state index in [1.165, 1.54) is 18.6 Å². The van der Waals surface area contributed by atoms with Crippen LogP contribution in [0.2, 0.25) is 0 Å². The lowest BCUT2D eigenvalue weighted by Gasteiger charge is -2.38. The van der Waals surface area contributed by atoms with Gasteiger partial charge in [0.1, 0.15) is 5.69 Å². The summed E-state index contributed by atoms with van der Waals surface area (Å²) in [6.07, 6.45) is 1.61. The molecule has 0 aromatic heterocycles. The van der Waals surface area contributed by atoms with Gasteiger partial charge in [-0.25, -0.2) is 0 Å². The molecule has 1 saturated heterocycles. The van der Waals surface area contributed by atoms with Crippen molar-refractivity contribution in [2.75, 3.05) is 18.0 Å². The summed E-state index contributed by atoms with van der Waals surface area (Å²) in [6, 6.07) is 16.8. The molecular weight excluding hydrogens is 410 g/mol. The number of carbonyl (C=O) groups excluding carboxylic acids is 1. The number of rotatable bonds is 5. The first kappa shape index (κ1) is 21.1. The van der Waals surface area contributed by atoms with E-state index in [4.69, 9.17) is 0 Å². The summed E-state index contributed by atoms with van der Waals surface area (Å²) < 4.78 is 0. The first-order valence-electron chi connectivity index (χ1n) is 8.86. The fourth-order valence-corrected chi connectivity index (χ4v) is 3.62. The molecule has 0 N–H and O–H groups in total. The minimum Gasteiger partial charge on any atom is -0.303 e. The van der Waals surface area contributed by atoms with E-state index < -0.39 is 4.92 Å². The molecule has 6 nitrogen and oxygen atoms in total. The first-order valence-corrected chi connectivity index (χ1v) is 8.86. The average molecular weight is 434 g/mol. The Labute approximate surface area is 169 Å². The van der Waals surface area contributed by atoms with Crippen molar-refractivity contribution in [1.82, 2.24) is 4.90 Å². The van der Waals surface area contributed by atoms with Crippen LogP contribution in [-0.4, -0.2) is 34.9 Å². The molecule has 27 heavy (non-hydrogen) atoms. The Morgan fingerprint density at radius 3 is 2.30 bits per heavy atom. The minimum atomic E-state index is -0.421. The van der Waals surface area contributed by atoms with Crippen LogP contribution in [0.1, 0.15) is 25.3 Å². The van der Waals surface area contributed by atoms with Crippen LogP contribution >= 0.6 is 17.0 Å². The number of piperidine rings is 1. The first-order chi connectivity index (χ1) is 12.6. The quantitative estimate of drug-likeness (QED) is 0.523. The number of nitro groups is 1. The molecule has 2 aromatic carbocycles. The van der Waals surface area contributed by atoms with Crippen molar-refractivity contribution >= 4 is 34.3 Å². The van der Waals surface area contributed by atoms with Crippen molar-refractivity contribution in [3.63, 3.8) is 0 Å². The third kappa shape index (κ3) is 5.14. The zero-order chi connectivity index (χ0) is 18.5. The number of benzene rings is 2. The molecular formula is C20H24BrN3O3. The van der Waals surface area contributed by atoms with Gasteiger partial charge in [-0.15, -0.1) is 17.0 Å². The lowest BCUT2D eigenvalue weighted by Crippen LogP contribution is -2.47. The predicted octanol–water partition coefficient (Wildman–Crippen LogP) is 4.19. The highest BCUT2D eigenvalue weighted by Gasteiger charge is 2.31. The fraction of sp³-hybridized carbons (Fsp3) is 0.350. The number of hydrogen-bond acceptors (Lipinski definition) is 4. The topological polar surface area (TPSA) is 66.7 Å². The normalized spacial score (nSPS) is 15.0. The van der Waals surface area contributed by atoms with E-state index in [-0.39, 0.29) is 34.6 Å². The van der Waals surface area contributed by atoms with Gasteiger partial charge in [-0.05, 0) is 24.5 Å². The van der Waals surface area contributed by atoms with E-state index in [1.54, 1.807) is 23.1 Å². The van der Waals surface area contributed by atoms with Crippen molar-refractivity contribution in [3.05, 3.63) is 70.3 Å². The second-order valence-corrected chi connectivity index (χ2v) is 6.63. The Morgan fingerprint density at radius 2 is 1.70 bits per heavy atom. The highest BCUT2D eigenvalue weighted by Crippen LogP contribution is 2.32. The highest BCUT2D eigenvalue weighted by molar-refractivity contribution is 8.93. The van der Waals surface area contributed by atoms with E-state index in [2.05, 4.69) is 17.0 Å². The molecule has 0 spiro atoms. The standard InChI is InChI=1S/C20H23N3O3.BrH/c1-16(24)22(19-9-5-6-10-20(19)23(25)26)18-11-13-21(14-12-18)15-17-7-3-2-4-8-17;/h2-10,18H,11-15H2,1H3;1H. The summed E-state index contributed by atoms with van der Waals surface area (Å²) in [5, 5.41) is 11.3. The maximum absolute atomic E-state index is 12.3. The summed E-state index contributed by atoms with van der Waals surface area (Å²) >= 11 is 0. The Balaban J connectivity index is 0.00000261. The molecule has 0 bridgehead atoms. The van der Waals surface area contributed by atoms with Crippen LogP contribution in [0.25, 0.3) is 0 Å². The molecule has 1 aliphatic heterocycles. The van der Waals surface area contributed by atoms with E-state index in [0.29, 0.717) is 5.69 Å². The van der Waals surface area contributed by atoms with Crippen LogP contribution in [0.4, 0.5) is 11.4 Å². The number of para-hydroxylation sites is 2. The Bertz CT molecular complexity index is 777. The van der Waals surface area contributed by atoms with Crippen LogP contribution in [0, 0.1) is 10.1 Å². The third-order valence-electron chi connectivity index (χ3n) is 4.85. The SMILES string of the molecule is Br.CC(=O)N(c1ccccc1[N+](=O)[O-])C1CCN(Cc2ccccc2)CC1. The number of anilines is 1. The molecule has 1 heterocycles. The van der Waals surface area contributed by atoms with Crippen LogP contribution in [0.3, 0.4) is 0 Å². The van der Waals surface area contributed by atoms with Crippen molar-refractivity contribution in [2.45, 2.75) is 32.4 Å². The van der Waals surface area contributed by atoms with Crippen LogP contribution < -0.4 is 4.90 Å². The van der Waals surface area contributed by atoms with Gasteiger partial charge in [-0.3, -0.25) is 19.8 Å². The highest BCUT2D eigenvalue weighted by atomic mass is 79.9. The Hall–Kier alpha value is -2.25. The number of likely N-dealkylation sites (tertiary alicyclic amines) is 1. The Morgan fingerprint density at radius 1 is 1.11 bits per heavy atom. The third-order valence-corrected chi connectivity index (χ3v) is 4.85. The van der Waals surface area contributed by atoms with Crippen LogP contribution in [0.15, 0.2) is 54.6 Å². The summed E-state index contributed by atoms with van der Waals surface area (Å²) in [6.45, 7) is 4.10. The van der Waals surface area contributed by atoms with Gasteiger partial charge in [0.2, 0.25) is 5.91 Å². The molecule has 1 fully saturated rings. The second-order valence-electron chi connectivity index (χ2n) is 6.63. The summed E-state index contributed by atoms with van der Waals surface area (Å²) in [7, 11) is 0. The number of nitro benzene ring substituents is 1. The lowest BCUT2D eigenvalue weighted by molar-refractivity contribution is -0.384. The molecule has 1 aliphatic rings. The Kier molecular flexibility index (Phi) is 7.50. The molecule has 0 atom stereocenters. The van der Waals surface area contributed by atoms with Gasteiger partial charge >= 0.3 is 0 Å². The van der Waals surface area contributed by atoms with Gasteiger partial charge in [0.25, 0.3) is 5.69 Å². The van der Waals surface area contributed by atoms with Gasteiger partial charge in [0, 0.05) is 38.7 Å². The van der Waals surface area contributed by atoms with Crippen molar-refractivity contribution < 1.29 is 9.72 Å². The molecule has 0 radical (unpaired) electrons. The second kappa shape index (κ2) is 9.62. The monoisotopic (exact) mass is 433 g/mol. The molecule has 3 rings (SSSR count). The molecule has 144 valence electrons. The van der Waals surface area contributed by atoms with E-state index in [9.17, 15) is 14.9 Å². The smallest absolute Gasteiger partial charge is 0.292 e. The number of carbonyl (C=O) groups is 1. The molecule has 7 heteroatoms. The average Bonchev–Trinajstić information content (AvgIpc) is 2.64. The molecule has 2 aromatic rings. The van der Waals surface area contributed by atoms with Crippen molar-refractivity contribution in [1.29, 1.82) is 0 Å². The minimum absolute atomic E-state index is 0. The van der Waals surface area contributed by atoms with Gasteiger partial charge < -0.3 is 4.90 Å². The number of hydrogen-bond donors (Lipinski definition) is 0. The van der Waals surface area contributed by atoms with Crippen LogP contribution in [0.5, 0.6) is 0 Å². The zero-order valence-electron chi connectivity index (χ0n) is 15.3. The predicted molar refractivity (Wildman–Crippen MR) is 111 cm³/mol. The number of nitrogens with zero attached hydrogens (tertiary/aromatic N) is 3. The van der Waals surface area contributed by atoms with E-state index >= 15 is 0 Å². The van der Waals surface area contributed by atoms with Gasteiger partial charge in [-0.1, -0.05) is 42.5 Å². The van der Waals surface area contributed by atoms with E-state index in [0.717, 1.165) is 32.5 Å². The van der Waals surface area contributed by atoms with E-state index in [1.807, 2.05) is 18.2 Å². The fourth-order valence-electron chi connectivity index (χ4n) is 3.62. The summed E-state index contributed by atoms with van der Waals surface area (Å²) in [5.41, 5.74) is 1.65. The summed E-state index contributed by atoms with van der Waals surface area (Å²) in [4.78, 5) is 27.2. The van der Waals surface area contributed by atoms with Crippen molar-refractivity contribution in [2.24, 2.45) is 0 Å².